The average molecular weight is 596 g/mol. The van der Waals surface area contributed by atoms with Crippen LogP contribution in [-0.4, -0.2) is 52.7 Å². The van der Waals surface area contributed by atoms with Crippen molar-refractivity contribution in [1.82, 2.24) is 0 Å². The van der Waals surface area contributed by atoms with Crippen molar-refractivity contribution >= 4 is 24.2 Å². The van der Waals surface area contributed by atoms with Crippen molar-refractivity contribution in [3.8, 4) is 11.5 Å². The first-order valence-corrected chi connectivity index (χ1v) is 14.5. The molecule has 0 fully saturated rings. The van der Waals surface area contributed by atoms with Gasteiger partial charge in [0.25, 0.3) is 0 Å². The van der Waals surface area contributed by atoms with E-state index >= 15 is 0 Å². The Hall–Kier alpha value is -3.34. The number of carbonyl (C=O) groups excluding carboxylic acids is 3. The maximum atomic E-state index is 12.7. The summed E-state index contributed by atoms with van der Waals surface area (Å²) < 4.78 is 27.2. The van der Waals surface area contributed by atoms with Gasteiger partial charge in [0.1, 0.15) is 23.3 Å². The highest BCUT2D eigenvalue weighted by atomic mass is 16.8. The maximum Gasteiger partial charge on any atom is 0.514 e. The molecule has 1 aromatic carbocycles. The number of carbonyl (C=O) groups is 4. The Kier molecular flexibility index (Phi) is 13.8. The molecule has 0 heterocycles. The van der Waals surface area contributed by atoms with Gasteiger partial charge in [-0.1, -0.05) is 47.1 Å². The van der Waals surface area contributed by atoms with Crippen molar-refractivity contribution in [3.63, 3.8) is 0 Å². The third kappa shape index (κ3) is 11.5. The molecule has 0 radical (unpaired) electrons. The normalized spacial score (nSPS) is 15.4. The Morgan fingerprint density at radius 2 is 1.36 bits per heavy atom. The predicted molar refractivity (Wildman–Crippen MR) is 157 cm³/mol. The van der Waals surface area contributed by atoms with Gasteiger partial charge < -0.3 is 34.5 Å². The molecule has 0 saturated carbocycles. The van der Waals surface area contributed by atoms with Crippen LogP contribution in [0.25, 0.3) is 0 Å². The summed E-state index contributed by atoms with van der Waals surface area (Å²) in [6, 6.07) is 2.83. The summed E-state index contributed by atoms with van der Waals surface area (Å²) in [5, 5.41) is 9.83. The van der Waals surface area contributed by atoms with E-state index in [4.69, 9.17) is 29.4 Å². The maximum absolute atomic E-state index is 12.7. The zero-order valence-corrected chi connectivity index (χ0v) is 26.6. The van der Waals surface area contributed by atoms with Crippen LogP contribution in [0.3, 0.4) is 0 Å². The van der Waals surface area contributed by atoms with E-state index in [1.54, 1.807) is 41.5 Å². The third-order valence-corrected chi connectivity index (χ3v) is 7.67. The van der Waals surface area contributed by atoms with Crippen molar-refractivity contribution in [2.45, 2.75) is 124 Å². The Labute approximate surface area is 249 Å². The summed E-state index contributed by atoms with van der Waals surface area (Å²) >= 11 is 0. The van der Waals surface area contributed by atoms with Crippen molar-refractivity contribution in [2.24, 2.45) is 17.6 Å². The molecule has 1 rings (SSSR count). The molecule has 238 valence electrons. The number of rotatable bonds is 15. The van der Waals surface area contributed by atoms with E-state index in [9.17, 15) is 24.3 Å². The van der Waals surface area contributed by atoms with Gasteiger partial charge in [0.15, 0.2) is 11.5 Å². The summed E-state index contributed by atoms with van der Waals surface area (Å²) in [6.07, 6.45) is -0.696. The van der Waals surface area contributed by atoms with Gasteiger partial charge in [-0.2, -0.15) is 0 Å². The first-order valence-electron chi connectivity index (χ1n) is 14.5. The van der Waals surface area contributed by atoms with Gasteiger partial charge in [-0.15, -0.1) is 0 Å². The number of carboxylic acid groups (broad SMARTS) is 1. The summed E-state index contributed by atoms with van der Waals surface area (Å²) in [7, 11) is 0. The lowest BCUT2D eigenvalue weighted by atomic mass is 9.79. The molecule has 42 heavy (non-hydrogen) atoms. The highest BCUT2D eigenvalue weighted by Crippen LogP contribution is 2.38. The van der Waals surface area contributed by atoms with Crippen molar-refractivity contribution < 1.29 is 48.0 Å². The van der Waals surface area contributed by atoms with E-state index < -0.39 is 59.4 Å². The number of carboxylic acids is 1. The fraction of sp³-hybridized carbons (Fsp3) is 0.677. The van der Waals surface area contributed by atoms with E-state index in [0.29, 0.717) is 18.4 Å². The minimum absolute atomic E-state index is 0.136. The molecule has 0 aliphatic heterocycles. The van der Waals surface area contributed by atoms with Gasteiger partial charge in [-0.3, -0.25) is 9.59 Å². The van der Waals surface area contributed by atoms with E-state index in [1.165, 1.54) is 18.2 Å². The topological polar surface area (TPSA) is 161 Å². The van der Waals surface area contributed by atoms with E-state index in [-0.39, 0.29) is 23.8 Å². The Bertz CT molecular complexity index is 1080. The first-order chi connectivity index (χ1) is 19.4. The second-order valence-corrected chi connectivity index (χ2v) is 12.0. The number of nitrogens with two attached hydrogens (primary N) is 1. The molecule has 4 unspecified atom stereocenters. The average Bonchev–Trinajstić information content (AvgIpc) is 2.88. The number of hydrogen-bond acceptors (Lipinski definition) is 10. The monoisotopic (exact) mass is 595 g/mol. The molecule has 0 amide bonds. The van der Waals surface area contributed by atoms with Crippen LogP contribution in [0.4, 0.5) is 9.59 Å². The summed E-state index contributed by atoms with van der Waals surface area (Å²) in [4.78, 5) is 49.8. The highest BCUT2D eigenvalue weighted by Gasteiger charge is 2.36. The number of aliphatic carboxylic acids is 1. The van der Waals surface area contributed by atoms with Crippen molar-refractivity contribution in [1.29, 1.82) is 0 Å². The van der Waals surface area contributed by atoms with Crippen LogP contribution in [0.15, 0.2) is 18.2 Å². The molecule has 0 saturated heterocycles. The summed E-state index contributed by atoms with van der Waals surface area (Å²) in [6.45, 7) is 17.8. The molecule has 5 atom stereocenters. The summed E-state index contributed by atoms with van der Waals surface area (Å²) in [5.74, 6) is -3.35. The van der Waals surface area contributed by atoms with Crippen LogP contribution in [0.2, 0.25) is 0 Å². The quantitative estimate of drug-likeness (QED) is 0.128. The molecule has 0 aliphatic carbocycles. The van der Waals surface area contributed by atoms with Crippen molar-refractivity contribution in [2.75, 3.05) is 0 Å². The molecule has 0 spiro atoms. The Balaban J connectivity index is 3.50. The van der Waals surface area contributed by atoms with Crippen LogP contribution in [0, 0.1) is 11.8 Å². The number of benzene rings is 1. The lowest BCUT2D eigenvalue weighted by Gasteiger charge is -2.32. The van der Waals surface area contributed by atoms with Gasteiger partial charge in [-0.05, 0) is 71.1 Å². The third-order valence-electron chi connectivity index (χ3n) is 7.67. The number of hydrogen-bond donors (Lipinski definition) is 2. The lowest BCUT2D eigenvalue weighted by Crippen LogP contribution is -2.42. The molecular weight excluding hydrogens is 546 g/mol. The molecule has 0 aromatic heterocycles. The van der Waals surface area contributed by atoms with E-state index in [2.05, 4.69) is 0 Å². The number of esters is 1. The minimum atomic E-state index is -1.41. The molecule has 11 heteroatoms. The number of ether oxygens (including phenoxy) is 5. The predicted octanol–water partition coefficient (Wildman–Crippen LogP) is 6.59. The van der Waals surface area contributed by atoms with Gasteiger partial charge in [-0.25, -0.2) is 9.59 Å². The van der Waals surface area contributed by atoms with E-state index in [1.807, 2.05) is 27.7 Å². The molecule has 3 N–H and O–H groups in total. The fourth-order valence-corrected chi connectivity index (χ4v) is 3.79. The molecule has 1 aromatic rings. The van der Waals surface area contributed by atoms with Crippen LogP contribution >= 0.6 is 0 Å². The molecule has 0 bridgehead atoms. The molecule has 0 aliphatic rings. The Morgan fingerprint density at radius 3 is 1.81 bits per heavy atom. The van der Waals surface area contributed by atoms with Crippen LogP contribution in [0.5, 0.6) is 11.5 Å². The van der Waals surface area contributed by atoms with Crippen LogP contribution in [-0.2, 0) is 23.8 Å². The standard InChI is InChI=1S/C31H49NO10/c1-11-18(4)16-24(33)38-20(6)19(5)25(26(32)27(34)35)21-14-15-22(39-28(36)41-30(7,8)12-2)23(17-21)40-29(37)42-31(9,10)13-3/h14-15,17-20,25-26H,11-13,16,32H2,1-10H3,(H,34,35)/t18?,19?,20?,25?,26-/m0/s1. The van der Waals surface area contributed by atoms with Gasteiger partial charge in [0, 0.05) is 18.3 Å². The second-order valence-electron chi connectivity index (χ2n) is 12.0. The van der Waals surface area contributed by atoms with Gasteiger partial charge in [0.05, 0.1) is 0 Å². The van der Waals surface area contributed by atoms with E-state index in [0.717, 1.165) is 6.42 Å². The lowest BCUT2D eigenvalue weighted by molar-refractivity contribution is -0.152. The SMILES string of the molecule is CCC(C)CC(=O)OC(C)C(C)C(c1ccc(OC(=O)OC(C)(C)CC)c(OC(=O)OC(C)(C)CC)c1)[C@H](N)C(=O)O. The fourth-order valence-electron chi connectivity index (χ4n) is 3.79. The van der Waals surface area contributed by atoms with Crippen LogP contribution in [0.1, 0.15) is 106 Å². The smallest absolute Gasteiger partial charge is 0.480 e. The minimum Gasteiger partial charge on any atom is -0.480 e. The van der Waals surface area contributed by atoms with Crippen molar-refractivity contribution in [3.05, 3.63) is 23.8 Å². The zero-order valence-electron chi connectivity index (χ0n) is 26.6. The van der Waals surface area contributed by atoms with Crippen LogP contribution < -0.4 is 15.2 Å². The summed E-state index contributed by atoms with van der Waals surface area (Å²) in [5.41, 5.74) is 4.86. The highest BCUT2D eigenvalue weighted by molar-refractivity contribution is 5.75. The van der Waals surface area contributed by atoms with Gasteiger partial charge >= 0.3 is 24.2 Å². The van der Waals surface area contributed by atoms with Gasteiger partial charge in [0.2, 0.25) is 0 Å². The molecule has 11 nitrogen and oxygen atoms in total. The molecular formula is C31H49NO10. The second kappa shape index (κ2) is 15.8. The zero-order chi connectivity index (χ0) is 32.4. The Morgan fingerprint density at radius 1 is 0.857 bits per heavy atom. The largest absolute Gasteiger partial charge is 0.514 e. The first kappa shape index (κ1) is 36.7.